The summed E-state index contributed by atoms with van der Waals surface area (Å²) < 4.78 is 0. The van der Waals surface area contributed by atoms with Crippen LogP contribution in [-0.4, -0.2) is 44.0 Å². The van der Waals surface area contributed by atoms with Crippen LogP contribution in [-0.2, 0) is 6.54 Å². The lowest BCUT2D eigenvalue weighted by Crippen LogP contribution is -2.26. The molecule has 4 heterocycles. The number of aliphatic imine (C=N–C) groups is 1. The van der Waals surface area contributed by atoms with Crippen LogP contribution in [0.1, 0.15) is 33.4 Å². The number of hydrogen-bond donors (Lipinski definition) is 1. The van der Waals surface area contributed by atoms with Crippen LogP contribution >= 0.6 is 23.1 Å². The first-order chi connectivity index (χ1) is 13.3. The lowest BCUT2D eigenvalue weighted by Gasteiger charge is -2.15. The highest BCUT2D eigenvalue weighted by Gasteiger charge is 2.30. The first-order valence-electron chi connectivity index (χ1n) is 8.76. The molecule has 3 aromatic rings. The number of hydrogen-bond acceptors (Lipinski definition) is 6. The Morgan fingerprint density at radius 1 is 1.26 bits per heavy atom. The van der Waals surface area contributed by atoms with Crippen molar-refractivity contribution in [3.8, 4) is 11.3 Å². The molecule has 0 aliphatic carbocycles. The van der Waals surface area contributed by atoms with Crippen molar-refractivity contribution in [2.75, 3.05) is 12.3 Å². The van der Waals surface area contributed by atoms with Crippen LogP contribution in [0.25, 0.3) is 11.3 Å². The number of aromatic nitrogens is 3. The molecule has 2 aromatic heterocycles. The summed E-state index contributed by atoms with van der Waals surface area (Å²) in [4.78, 5) is 24.0. The Morgan fingerprint density at radius 2 is 2.19 bits per heavy atom. The number of nitrogens with one attached hydrogen (secondary N) is 1. The van der Waals surface area contributed by atoms with Gasteiger partial charge in [-0.2, -0.15) is 5.10 Å². The van der Waals surface area contributed by atoms with Gasteiger partial charge in [-0.3, -0.25) is 14.9 Å². The second kappa shape index (κ2) is 6.94. The summed E-state index contributed by atoms with van der Waals surface area (Å²) in [5.74, 6) is 1.02. The van der Waals surface area contributed by atoms with Crippen molar-refractivity contribution in [1.29, 1.82) is 0 Å². The van der Waals surface area contributed by atoms with Crippen molar-refractivity contribution in [3.05, 3.63) is 58.2 Å². The fourth-order valence-corrected chi connectivity index (χ4v) is 5.19. The Labute approximate surface area is 164 Å². The van der Waals surface area contributed by atoms with Crippen LogP contribution in [0.2, 0.25) is 0 Å². The maximum atomic E-state index is 12.8. The molecular weight excluding hydrogens is 378 g/mol. The van der Waals surface area contributed by atoms with E-state index in [2.05, 4.69) is 21.2 Å². The van der Waals surface area contributed by atoms with E-state index in [1.54, 1.807) is 29.3 Å². The lowest BCUT2D eigenvalue weighted by atomic mass is 10.0. The van der Waals surface area contributed by atoms with E-state index in [9.17, 15) is 4.79 Å². The number of H-pyrrole nitrogens is 1. The van der Waals surface area contributed by atoms with Gasteiger partial charge in [0.15, 0.2) is 0 Å². The van der Waals surface area contributed by atoms with Gasteiger partial charge < -0.3 is 4.90 Å². The van der Waals surface area contributed by atoms with Crippen LogP contribution in [0.3, 0.4) is 0 Å². The Balaban J connectivity index is 1.29. The largest absolute Gasteiger partial charge is 0.334 e. The summed E-state index contributed by atoms with van der Waals surface area (Å²) in [5, 5.41) is 9.12. The van der Waals surface area contributed by atoms with E-state index in [-0.39, 0.29) is 11.3 Å². The molecule has 27 heavy (non-hydrogen) atoms. The third-order valence-electron chi connectivity index (χ3n) is 4.92. The molecule has 2 aliphatic heterocycles. The van der Waals surface area contributed by atoms with E-state index in [4.69, 9.17) is 4.99 Å². The van der Waals surface area contributed by atoms with Gasteiger partial charge in [-0.1, -0.05) is 12.1 Å². The zero-order valence-electron chi connectivity index (χ0n) is 14.5. The van der Waals surface area contributed by atoms with E-state index in [1.807, 2.05) is 34.0 Å². The van der Waals surface area contributed by atoms with E-state index >= 15 is 0 Å². The molecule has 1 atom stereocenters. The van der Waals surface area contributed by atoms with Gasteiger partial charge in [0.2, 0.25) is 0 Å². The molecule has 0 spiro atoms. The number of thiazole rings is 1. The summed E-state index contributed by atoms with van der Waals surface area (Å²) in [6.45, 7) is 1.34. The maximum Gasteiger partial charge on any atom is 0.254 e. The zero-order valence-corrected chi connectivity index (χ0v) is 16.1. The number of fused-ring (bicyclic) bond motifs is 1. The molecule has 1 amide bonds. The molecule has 1 unspecified atom stereocenters. The number of benzene rings is 1. The van der Waals surface area contributed by atoms with Gasteiger partial charge >= 0.3 is 0 Å². The van der Waals surface area contributed by atoms with Crippen LogP contribution in [0.15, 0.2) is 46.3 Å². The maximum absolute atomic E-state index is 12.8. The SMILES string of the molecule is O=C1c2cccc(-c3cscn3)c2CN1CCC1=NC(c2ccn[nH]2)SC1. The summed E-state index contributed by atoms with van der Waals surface area (Å²) in [7, 11) is 0. The van der Waals surface area contributed by atoms with Crippen molar-refractivity contribution in [2.45, 2.75) is 18.3 Å². The fourth-order valence-electron chi connectivity index (χ4n) is 3.54. The normalized spacial score (nSPS) is 18.8. The quantitative estimate of drug-likeness (QED) is 0.714. The van der Waals surface area contributed by atoms with Gasteiger partial charge in [-0.25, -0.2) is 4.98 Å². The molecular formula is C19H17N5OS2. The molecule has 0 radical (unpaired) electrons. The fraction of sp³-hybridized carbons (Fsp3) is 0.263. The highest BCUT2D eigenvalue weighted by Crippen LogP contribution is 2.36. The van der Waals surface area contributed by atoms with E-state index in [0.717, 1.165) is 46.0 Å². The number of nitrogens with zero attached hydrogens (tertiary/aromatic N) is 4. The van der Waals surface area contributed by atoms with Crippen molar-refractivity contribution < 1.29 is 4.79 Å². The number of rotatable bonds is 5. The third-order valence-corrected chi connectivity index (χ3v) is 6.68. The third kappa shape index (κ3) is 3.08. The van der Waals surface area contributed by atoms with Crippen LogP contribution < -0.4 is 0 Å². The Morgan fingerprint density at radius 3 is 3.00 bits per heavy atom. The summed E-state index contributed by atoms with van der Waals surface area (Å²) >= 11 is 3.37. The van der Waals surface area contributed by atoms with Gasteiger partial charge in [0, 0.05) is 53.7 Å². The highest BCUT2D eigenvalue weighted by molar-refractivity contribution is 8.00. The Bertz CT molecular complexity index is 997. The molecule has 136 valence electrons. The predicted octanol–water partition coefficient (Wildman–Crippen LogP) is 3.77. The van der Waals surface area contributed by atoms with Crippen molar-refractivity contribution in [1.82, 2.24) is 20.1 Å². The van der Waals surface area contributed by atoms with Gasteiger partial charge in [0.05, 0.1) is 16.9 Å². The first kappa shape index (κ1) is 16.7. The Kier molecular flexibility index (Phi) is 4.29. The van der Waals surface area contributed by atoms with Gasteiger partial charge in [0.25, 0.3) is 5.91 Å². The zero-order chi connectivity index (χ0) is 18.2. The van der Waals surface area contributed by atoms with Gasteiger partial charge in [-0.05, 0) is 17.7 Å². The molecule has 0 fully saturated rings. The molecule has 1 aromatic carbocycles. The van der Waals surface area contributed by atoms with Gasteiger partial charge in [0.1, 0.15) is 5.37 Å². The standard InChI is InChI=1S/C19H17N5OS2/c25-19-14-3-1-2-13(17-10-26-11-20-17)15(14)8-24(19)7-5-12-9-27-18(22-12)16-4-6-21-23-16/h1-4,6,10-11,18H,5,7-9H2,(H,21,23). The molecule has 8 heteroatoms. The number of carbonyl (C=O) groups excluding carboxylic acids is 1. The number of carbonyl (C=O) groups is 1. The topological polar surface area (TPSA) is 74.2 Å². The molecule has 6 nitrogen and oxygen atoms in total. The average Bonchev–Trinajstić information content (AvgIpc) is 3.46. The van der Waals surface area contributed by atoms with Crippen molar-refractivity contribution in [3.63, 3.8) is 0 Å². The van der Waals surface area contributed by atoms with E-state index in [0.29, 0.717) is 13.1 Å². The minimum Gasteiger partial charge on any atom is -0.334 e. The second-order valence-electron chi connectivity index (χ2n) is 6.55. The number of thioether (sulfide) groups is 1. The van der Waals surface area contributed by atoms with Crippen LogP contribution in [0.4, 0.5) is 0 Å². The molecule has 1 N–H and O–H groups in total. The Hall–Kier alpha value is -2.45. The minimum absolute atomic E-state index is 0.102. The molecule has 0 saturated carbocycles. The highest BCUT2D eigenvalue weighted by atomic mass is 32.2. The summed E-state index contributed by atoms with van der Waals surface area (Å²) in [6.07, 6.45) is 2.56. The monoisotopic (exact) mass is 395 g/mol. The van der Waals surface area contributed by atoms with Gasteiger partial charge in [-0.15, -0.1) is 23.1 Å². The minimum atomic E-state index is 0.102. The van der Waals surface area contributed by atoms with E-state index in [1.165, 1.54) is 0 Å². The van der Waals surface area contributed by atoms with E-state index < -0.39 is 0 Å². The molecule has 0 bridgehead atoms. The van der Waals surface area contributed by atoms with Crippen molar-refractivity contribution >= 4 is 34.7 Å². The summed E-state index contributed by atoms with van der Waals surface area (Å²) in [5.41, 5.74) is 7.93. The molecule has 2 aliphatic rings. The predicted molar refractivity (Wildman–Crippen MR) is 108 cm³/mol. The first-order valence-corrected chi connectivity index (χ1v) is 10.7. The average molecular weight is 396 g/mol. The smallest absolute Gasteiger partial charge is 0.254 e. The molecule has 5 rings (SSSR count). The second-order valence-corrected chi connectivity index (χ2v) is 8.34. The van der Waals surface area contributed by atoms with Crippen LogP contribution in [0.5, 0.6) is 0 Å². The van der Waals surface area contributed by atoms with Crippen molar-refractivity contribution in [2.24, 2.45) is 4.99 Å². The van der Waals surface area contributed by atoms with Crippen LogP contribution in [0, 0.1) is 0 Å². The molecule has 0 saturated heterocycles. The number of amides is 1. The summed E-state index contributed by atoms with van der Waals surface area (Å²) in [6, 6.07) is 7.88. The lowest BCUT2D eigenvalue weighted by molar-refractivity contribution is 0.0783. The number of aromatic amines is 1.